The molecule has 5 heteroatoms. The zero-order chi connectivity index (χ0) is 15.4. The fraction of sp³-hybridized carbons (Fsp3) is 0.562. The molecule has 0 spiro atoms. The van der Waals surface area contributed by atoms with Crippen LogP contribution in [0.3, 0.4) is 0 Å². The van der Waals surface area contributed by atoms with Gasteiger partial charge in [-0.25, -0.2) is 0 Å². The summed E-state index contributed by atoms with van der Waals surface area (Å²) in [4.78, 5) is 13.1. The number of aryl methyl sites for hydroxylation is 1. The van der Waals surface area contributed by atoms with E-state index >= 15 is 0 Å². The molecule has 1 atom stereocenters. The largest absolute Gasteiger partial charge is 0.475 e. The van der Waals surface area contributed by atoms with Gasteiger partial charge in [0.2, 0.25) is 0 Å². The molecule has 0 aromatic heterocycles. The number of carbonyl (C=O) groups is 1. The molecule has 1 aromatic carbocycles. The van der Waals surface area contributed by atoms with E-state index in [-0.39, 0.29) is 30.5 Å². The summed E-state index contributed by atoms with van der Waals surface area (Å²) in [7, 11) is 3.94. The Morgan fingerprint density at radius 1 is 1.14 bits per heavy atom. The van der Waals surface area contributed by atoms with E-state index in [1.807, 2.05) is 45.0 Å². The Kier molecular flexibility index (Phi) is 7.75. The summed E-state index contributed by atoms with van der Waals surface area (Å²) in [5, 5.41) is 0. The summed E-state index contributed by atoms with van der Waals surface area (Å²) in [6.07, 6.45) is -0.0218. The van der Waals surface area contributed by atoms with Gasteiger partial charge < -0.3 is 9.47 Å². The van der Waals surface area contributed by atoms with Crippen molar-refractivity contribution in [1.82, 2.24) is 4.90 Å². The van der Waals surface area contributed by atoms with Gasteiger partial charge in [-0.2, -0.15) is 0 Å². The van der Waals surface area contributed by atoms with Gasteiger partial charge in [-0.3, -0.25) is 9.69 Å². The Labute approximate surface area is 133 Å². The number of carbonyl (C=O) groups excluding carboxylic acids is 1. The second-order valence-electron chi connectivity index (χ2n) is 5.58. The molecule has 0 heterocycles. The van der Waals surface area contributed by atoms with Gasteiger partial charge in [0.05, 0.1) is 0 Å². The van der Waals surface area contributed by atoms with Gasteiger partial charge in [0.1, 0.15) is 17.7 Å². The van der Waals surface area contributed by atoms with E-state index in [0.29, 0.717) is 5.75 Å². The second kappa shape index (κ2) is 8.25. The van der Waals surface area contributed by atoms with Gasteiger partial charge in [-0.05, 0) is 51.6 Å². The molecule has 0 saturated carbocycles. The first-order valence-corrected chi connectivity index (χ1v) is 6.88. The number of hydrogen-bond donors (Lipinski definition) is 0. The van der Waals surface area contributed by atoms with Crippen molar-refractivity contribution in [3.8, 4) is 11.5 Å². The molecule has 4 nitrogen and oxygen atoms in total. The van der Waals surface area contributed by atoms with Crippen LogP contribution in [-0.4, -0.2) is 31.2 Å². The van der Waals surface area contributed by atoms with Crippen LogP contribution < -0.4 is 9.47 Å². The molecular weight excluding hydrogens is 290 g/mol. The predicted molar refractivity (Wildman–Crippen MR) is 87.6 cm³/mol. The highest BCUT2D eigenvalue weighted by atomic mass is 35.5. The third-order valence-electron chi connectivity index (χ3n) is 3.21. The van der Waals surface area contributed by atoms with Crippen molar-refractivity contribution in [2.24, 2.45) is 0 Å². The van der Waals surface area contributed by atoms with Crippen LogP contribution in [0.2, 0.25) is 0 Å². The average molecular weight is 316 g/mol. The molecule has 0 aliphatic rings. The average Bonchev–Trinajstić information content (AvgIpc) is 2.31. The normalized spacial score (nSPS) is 12.0. The summed E-state index contributed by atoms with van der Waals surface area (Å²) >= 11 is 0. The Morgan fingerprint density at radius 2 is 1.71 bits per heavy atom. The lowest BCUT2D eigenvalue weighted by atomic mass is 9.99. The maximum atomic E-state index is 11.1. The van der Waals surface area contributed by atoms with Crippen LogP contribution in [0.4, 0.5) is 0 Å². The molecule has 0 aliphatic carbocycles. The number of benzene rings is 1. The highest BCUT2D eigenvalue weighted by molar-refractivity contribution is 5.85. The molecule has 0 bridgehead atoms. The highest BCUT2D eigenvalue weighted by Gasteiger charge is 2.16. The number of halogens is 1. The zero-order valence-electron chi connectivity index (χ0n) is 13.9. The van der Waals surface area contributed by atoms with Crippen molar-refractivity contribution < 1.29 is 14.3 Å². The monoisotopic (exact) mass is 315 g/mol. The molecule has 0 fully saturated rings. The summed E-state index contributed by atoms with van der Waals surface area (Å²) in [6.45, 7) is 9.51. The molecule has 0 amide bonds. The van der Waals surface area contributed by atoms with Crippen LogP contribution in [0.1, 0.15) is 44.7 Å². The van der Waals surface area contributed by atoms with E-state index in [1.165, 1.54) is 6.92 Å². The minimum atomic E-state index is -0.307. The lowest BCUT2D eigenvalue weighted by molar-refractivity contribution is -0.131. The first kappa shape index (κ1) is 19.7. The molecule has 0 saturated heterocycles. The number of ether oxygens (including phenoxy) is 2. The minimum absolute atomic E-state index is 0. The number of rotatable bonds is 5. The summed E-state index contributed by atoms with van der Waals surface area (Å²) in [6, 6.07) is 3.84. The van der Waals surface area contributed by atoms with E-state index < -0.39 is 0 Å². The predicted octanol–water partition coefficient (Wildman–Crippen LogP) is 3.75. The van der Waals surface area contributed by atoms with Gasteiger partial charge in [-0.1, -0.05) is 13.8 Å². The van der Waals surface area contributed by atoms with E-state index in [9.17, 15) is 4.79 Å². The van der Waals surface area contributed by atoms with Crippen molar-refractivity contribution in [3.05, 3.63) is 23.3 Å². The smallest absolute Gasteiger partial charge is 0.308 e. The first-order valence-electron chi connectivity index (χ1n) is 6.88. The maximum absolute atomic E-state index is 11.1. The third kappa shape index (κ3) is 5.56. The molecule has 1 unspecified atom stereocenters. The quantitative estimate of drug-likeness (QED) is 0.471. The molecule has 0 radical (unpaired) electrons. The summed E-state index contributed by atoms with van der Waals surface area (Å²) < 4.78 is 11.2. The topological polar surface area (TPSA) is 38.8 Å². The molecular formula is C16H26ClNO3. The third-order valence-corrected chi connectivity index (χ3v) is 3.21. The Hall–Kier alpha value is -1.26. The van der Waals surface area contributed by atoms with Crippen LogP contribution in [0, 0.1) is 6.92 Å². The first-order chi connectivity index (χ1) is 9.22. The number of nitrogens with zero attached hydrogens (tertiary/aromatic N) is 1. The zero-order valence-corrected chi connectivity index (χ0v) is 14.7. The molecule has 0 N–H and O–H groups in total. The van der Waals surface area contributed by atoms with E-state index in [1.54, 1.807) is 0 Å². The summed E-state index contributed by atoms with van der Waals surface area (Å²) in [5.74, 6) is 1.42. The van der Waals surface area contributed by atoms with Gasteiger partial charge in [0.15, 0.2) is 0 Å². The highest BCUT2D eigenvalue weighted by Crippen LogP contribution is 2.34. The Morgan fingerprint density at radius 3 is 2.14 bits per heavy atom. The van der Waals surface area contributed by atoms with Crippen molar-refractivity contribution >= 4 is 18.4 Å². The van der Waals surface area contributed by atoms with Gasteiger partial charge >= 0.3 is 5.97 Å². The maximum Gasteiger partial charge on any atom is 0.308 e. The fourth-order valence-corrected chi connectivity index (χ4v) is 1.78. The standard InChI is InChI=1S/C16H25NO3.ClH/c1-10(2)14-9-15(20-13(5)18)11(3)8-16(14)19-12(4)17(6)7;/h8-10,12H,1-7H3;1H. The molecule has 120 valence electrons. The molecule has 1 rings (SSSR count). The lowest BCUT2D eigenvalue weighted by Crippen LogP contribution is -2.30. The van der Waals surface area contributed by atoms with E-state index in [0.717, 1.165) is 16.9 Å². The van der Waals surface area contributed by atoms with Crippen molar-refractivity contribution in [1.29, 1.82) is 0 Å². The van der Waals surface area contributed by atoms with Crippen LogP contribution in [-0.2, 0) is 4.79 Å². The lowest BCUT2D eigenvalue weighted by Gasteiger charge is -2.24. The van der Waals surface area contributed by atoms with Gasteiger partial charge in [0.25, 0.3) is 0 Å². The molecule has 1 aromatic rings. The minimum Gasteiger partial charge on any atom is -0.475 e. The van der Waals surface area contributed by atoms with Crippen LogP contribution in [0.15, 0.2) is 12.1 Å². The number of hydrogen-bond acceptors (Lipinski definition) is 4. The molecule has 0 aliphatic heterocycles. The van der Waals surface area contributed by atoms with Gasteiger partial charge in [0, 0.05) is 12.5 Å². The number of esters is 1. The SMILES string of the molecule is CC(=O)Oc1cc(C(C)C)c(OC(C)N(C)C)cc1C.Cl. The second-order valence-corrected chi connectivity index (χ2v) is 5.58. The summed E-state index contributed by atoms with van der Waals surface area (Å²) in [5.41, 5.74) is 1.94. The van der Waals surface area contributed by atoms with E-state index in [2.05, 4.69) is 13.8 Å². The van der Waals surface area contributed by atoms with E-state index in [4.69, 9.17) is 9.47 Å². The van der Waals surface area contributed by atoms with Crippen LogP contribution in [0.5, 0.6) is 11.5 Å². The van der Waals surface area contributed by atoms with Crippen molar-refractivity contribution in [2.75, 3.05) is 14.1 Å². The Balaban J connectivity index is 0.00000400. The van der Waals surface area contributed by atoms with Crippen LogP contribution in [0.25, 0.3) is 0 Å². The molecule has 21 heavy (non-hydrogen) atoms. The van der Waals surface area contributed by atoms with Crippen molar-refractivity contribution in [2.45, 2.75) is 46.8 Å². The fourth-order valence-electron chi connectivity index (χ4n) is 1.78. The van der Waals surface area contributed by atoms with Crippen molar-refractivity contribution in [3.63, 3.8) is 0 Å². The van der Waals surface area contributed by atoms with Crippen LogP contribution >= 0.6 is 12.4 Å². The Bertz CT molecular complexity index is 487. The van der Waals surface area contributed by atoms with Gasteiger partial charge in [-0.15, -0.1) is 12.4 Å².